The lowest BCUT2D eigenvalue weighted by atomic mass is 10.2. The summed E-state index contributed by atoms with van der Waals surface area (Å²) in [4.78, 5) is 22.3. The van der Waals surface area contributed by atoms with Crippen molar-refractivity contribution in [2.75, 3.05) is 12.8 Å². The van der Waals surface area contributed by atoms with Gasteiger partial charge < -0.3 is 20.9 Å². The summed E-state index contributed by atoms with van der Waals surface area (Å²) in [5, 5.41) is 0. The number of methoxy groups -OCH3 is 1. The van der Waals surface area contributed by atoms with Crippen LogP contribution < -0.4 is 16.2 Å². The Morgan fingerprint density at radius 1 is 1.35 bits per heavy atom. The maximum absolute atomic E-state index is 11.6. The van der Waals surface area contributed by atoms with Crippen molar-refractivity contribution >= 4 is 17.6 Å². The number of anilines is 1. The number of rotatable bonds is 4. The Hall–Kier alpha value is -2.24. The summed E-state index contributed by atoms with van der Waals surface area (Å²) in [5.41, 5.74) is 11.2. The number of hydrogen-bond donors (Lipinski definition) is 2. The van der Waals surface area contributed by atoms with E-state index in [0.717, 1.165) is 0 Å². The van der Waals surface area contributed by atoms with Gasteiger partial charge in [-0.15, -0.1) is 0 Å². The normalized spacial score (nSPS) is 11.6. The van der Waals surface area contributed by atoms with E-state index < -0.39 is 18.0 Å². The van der Waals surface area contributed by atoms with Crippen molar-refractivity contribution in [3.8, 4) is 5.75 Å². The molecule has 1 atom stereocenters. The van der Waals surface area contributed by atoms with Crippen molar-refractivity contribution in [3.05, 3.63) is 23.8 Å². The summed E-state index contributed by atoms with van der Waals surface area (Å²) in [7, 11) is 1.47. The third-order valence-electron chi connectivity index (χ3n) is 2.15. The Kier molecular flexibility index (Phi) is 3.92. The van der Waals surface area contributed by atoms with Crippen LogP contribution in [0, 0.1) is 0 Å². The van der Waals surface area contributed by atoms with E-state index in [1.165, 1.54) is 26.2 Å². The van der Waals surface area contributed by atoms with Crippen LogP contribution >= 0.6 is 0 Å². The largest absolute Gasteiger partial charge is 0.495 e. The van der Waals surface area contributed by atoms with Gasteiger partial charge in [-0.3, -0.25) is 4.79 Å². The van der Waals surface area contributed by atoms with Crippen LogP contribution in [0.5, 0.6) is 5.75 Å². The summed E-state index contributed by atoms with van der Waals surface area (Å²) >= 11 is 0. The zero-order chi connectivity index (χ0) is 13.0. The molecule has 17 heavy (non-hydrogen) atoms. The van der Waals surface area contributed by atoms with Crippen LogP contribution in [-0.2, 0) is 9.53 Å². The SMILES string of the molecule is COc1ccc(C(=O)OC(C)C(N)=O)cc1N. The number of carbonyl (C=O) groups excluding carboxylic acids is 2. The fraction of sp³-hybridized carbons (Fsp3) is 0.273. The molecule has 1 aromatic carbocycles. The van der Waals surface area contributed by atoms with E-state index in [1.807, 2.05) is 0 Å². The lowest BCUT2D eigenvalue weighted by molar-refractivity contribution is -0.125. The van der Waals surface area contributed by atoms with E-state index >= 15 is 0 Å². The van der Waals surface area contributed by atoms with Gasteiger partial charge in [0.25, 0.3) is 5.91 Å². The van der Waals surface area contributed by atoms with Crippen LogP contribution in [0.3, 0.4) is 0 Å². The molecule has 0 saturated heterocycles. The van der Waals surface area contributed by atoms with Gasteiger partial charge in [-0.05, 0) is 25.1 Å². The van der Waals surface area contributed by atoms with Crippen molar-refractivity contribution in [2.24, 2.45) is 5.73 Å². The minimum absolute atomic E-state index is 0.233. The first-order chi connectivity index (χ1) is 7.95. The van der Waals surface area contributed by atoms with Crippen LogP contribution in [0.2, 0.25) is 0 Å². The van der Waals surface area contributed by atoms with Crippen LogP contribution in [0.4, 0.5) is 5.69 Å². The van der Waals surface area contributed by atoms with Crippen LogP contribution in [0.15, 0.2) is 18.2 Å². The molecule has 1 rings (SSSR count). The first-order valence-corrected chi connectivity index (χ1v) is 4.89. The fourth-order valence-electron chi connectivity index (χ4n) is 1.15. The molecule has 0 aliphatic rings. The molecule has 0 bridgehead atoms. The number of amides is 1. The fourth-order valence-corrected chi connectivity index (χ4v) is 1.15. The number of ether oxygens (including phenoxy) is 2. The molecule has 0 saturated carbocycles. The Labute approximate surface area is 98.5 Å². The highest BCUT2D eigenvalue weighted by Crippen LogP contribution is 2.22. The van der Waals surface area contributed by atoms with Crippen molar-refractivity contribution in [1.29, 1.82) is 0 Å². The highest BCUT2D eigenvalue weighted by atomic mass is 16.5. The van der Waals surface area contributed by atoms with Gasteiger partial charge in [0.1, 0.15) is 5.75 Å². The monoisotopic (exact) mass is 238 g/mol. The van der Waals surface area contributed by atoms with Crippen molar-refractivity contribution in [1.82, 2.24) is 0 Å². The van der Waals surface area contributed by atoms with Crippen molar-refractivity contribution in [3.63, 3.8) is 0 Å². The van der Waals surface area contributed by atoms with Gasteiger partial charge in [0, 0.05) is 0 Å². The molecular formula is C11H14N2O4. The highest BCUT2D eigenvalue weighted by molar-refractivity contribution is 5.93. The van der Waals surface area contributed by atoms with E-state index in [4.69, 9.17) is 20.9 Å². The minimum Gasteiger partial charge on any atom is -0.495 e. The van der Waals surface area contributed by atoms with Crippen molar-refractivity contribution in [2.45, 2.75) is 13.0 Å². The molecule has 0 radical (unpaired) electrons. The van der Waals surface area contributed by atoms with Gasteiger partial charge in [0.2, 0.25) is 0 Å². The molecule has 1 amide bonds. The third kappa shape index (κ3) is 3.10. The van der Waals surface area contributed by atoms with E-state index in [0.29, 0.717) is 11.4 Å². The molecule has 1 unspecified atom stereocenters. The van der Waals surface area contributed by atoms with Crippen LogP contribution in [0.25, 0.3) is 0 Å². The molecule has 0 aliphatic heterocycles. The standard InChI is InChI=1S/C11H14N2O4/c1-6(10(13)14)17-11(15)7-3-4-9(16-2)8(12)5-7/h3-6H,12H2,1-2H3,(H2,13,14). The zero-order valence-corrected chi connectivity index (χ0v) is 9.60. The number of benzene rings is 1. The second kappa shape index (κ2) is 5.20. The Morgan fingerprint density at radius 2 is 2.00 bits per heavy atom. The molecule has 6 nitrogen and oxygen atoms in total. The molecule has 6 heteroatoms. The average molecular weight is 238 g/mol. The van der Waals surface area contributed by atoms with E-state index in [2.05, 4.69) is 0 Å². The maximum atomic E-state index is 11.6. The molecule has 1 aromatic rings. The number of nitrogens with two attached hydrogens (primary N) is 2. The molecule has 92 valence electrons. The van der Waals surface area contributed by atoms with Crippen molar-refractivity contribution < 1.29 is 19.1 Å². The lowest BCUT2D eigenvalue weighted by Crippen LogP contribution is -2.30. The number of carbonyl (C=O) groups is 2. The van der Waals surface area contributed by atoms with Gasteiger partial charge in [-0.25, -0.2) is 4.79 Å². The number of hydrogen-bond acceptors (Lipinski definition) is 5. The number of esters is 1. The topological polar surface area (TPSA) is 105 Å². The number of primary amides is 1. The van der Waals surface area contributed by atoms with Crippen LogP contribution in [0.1, 0.15) is 17.3 Å². The molecular weight excluding hydrogens is 224 g/mol. The Morgan fingerprint density at radius 3 is 2.47 bits per heavy atom. The predicted molar refractivity (Wildman–Crippen MR) is 61.5 cm³/mol. The molecule has 0 aromatic heterocycles. The predicted octanol–water partition coefficient (Wildman–Crippen LogP) is 0.308. The summed E-state index contributed by atoms with van der Waals surface area (Å²) < 4.78 is 9.76. The first kappa shape index (κ1) is 12.8. The van der Waals surface area contributed by atoms with Gasteiger partial charge in [-0.2, -0.15) is 0 Å². The average Bonchev–Trinajstić information content (AvgIpc) is 2.28. The number of nitrogen functional groups attached to an aromatic ring is 1. The molecule has 0 fully saturated rings. The Balaban J connectivity index is 2.83. The smallest absolute Gasteiger partial charge is 0.338 e. The minimum atomic E-state index is -0.981. The maximum Gasteiger partial charge on any atom is 0.338 e. The van der Waals surface area contributed by atoms with Gasteiger partial charge in [0.05, 0.1) is 18.4 Å². The van der Waals surface area contributed by atoms with E-state index in [9.17, 15) is 9.59 Å². The second-order valence-electron chi connectivity index (χ2n) is 3.41. The second-order valence-corrected chi connectivity index (χ2v) is 3.41. The molecule has 0 aliphatic carbocycles. The Bertz CT molecular complexity index is 445. The van der Waals surface area contributed by atoms with Gasteiger partial charge in [-0.1, -0.05) is 0 Å². The quantitative estimate of drug-likeness (QED) is 0.580. The molecule has 0 spiro atoms. The van der Waals surface area contributed by atoms with Gasteiger partial charge >= 0.3 is 5.97 Å². The highest BCUT2D eigenvalue weighted by Gasteiger charge is 2.16. The zero-order valence-electron chi connectivity index (χ0n) is 9.60. The van der Waals surface area contributed by atoms with Crippen LogP contribution in [-0.4, -0.2) is 25.1 Å². The summed E-state index contributed by atoms with van der Waals surface area (Å²) in [6, 6.07) is 4.45. The summed E-state index contributed by atoms with van der Waals surface area (Å²) in [6.45, 7) is 1.40. The summed E-state index contributed by atoms with van der Waals surface area (Å²) in [5.74, 6) is -0.907. The van der Waals surface area contributed by atoms with Gasteiger partial charge in [0.15, 0.2) is 6.10 Å². The summed E-state index contributed by atoms with van der Waals surface area (Å²) in [6.07, 6.45) is -0.981. The lowest BCUT2D eigenvalue weighted by Gasteiger charge is -2.10. The first-order valence-electron chi connectivity index (χ1n) is 4.89. The van der Waals surface area contributed by atoms with E-state index in [-0.39, 0.29) is 5.56 Å². The van der Waals surface area contributed by atoms with E-state index in [1.54, 1.807) is 6.07 Å². The molecule has 0 heterocycles. The third-order valence-corrected chi connectivity index (χ3v) is 2.15. The molecule has 4 N–H and O–H groups in total.